The molecule has 3 aromatic heterocycles. The molecule has 5 rings (SSSR count). The van der Waals surface area contributed by atoms with E-state index in [1.807, 2.05) is 46.9 Å². The van der Waals surface area contributed by atoms with Gasteiger partial charge >= 0.3 is 6.09 Å². The van der Waals surface area contributed by atoms with Crippen LogP contribution in [0.3, 0.4) is 0 Å². The van der Waals surface area contributed by atoms with Crippen molar-refractivity contribution in [2.45, 2.75) is 59.0 Å². The Morgan fingerprint density at radius 1 is 1.08 bits per heavy atom. The van der Waals surface area contributed by atoms with Crippen LogP contribution in [-0.2, 0) is 4.74 Å². The SMILES string of the molecule is Cc1cn2cc(-c3cc(C)c4nc(C5CCN(C(=O)OC(C)(C)C)CC5)[nH]c(=O)c4c3)cc(F)c2n1. The van der Waals surface area contributed by atoms with Gasteiger partial charge in [-0.15, -0.1) is 0 Å². The van der Waals surface area contributed by atoms with Crippen molar-refractivity contribution in [2.75, 3.05) is 13.1 Å². The fourth-order valence-corrected chi connectivity index (χ4v) is 4.79. The summed E-state index contributed by atoms with van der Waals surface area (Å²) < 4.78 is 21.8. The Bertz CT molecular complexity index is 1540. The van der Waals surface area contributed by atoms with Crippen LogP contribution in [0.5, 0.6) is 0 Å². The molecule has 0 bridgehead atoms. The Hall–Kier alpha value is -3.75. The van der Waals surface area contributed by atoms with Crippen molar-refractivity contribution in [3.63, 3.8) is 0 Å². The molecular formula is C27H30FN5O3. The third kappa shape index (κ3) is 4.57. The van der Waals surface area contributed by atoms with Gasteiger partial charge in [0.1, 0.15) is 11.4 Å². The van der Waals surface area contributed by atoms with Crippen LogP contribution < -0.4 is 5.56 Å². The molecule has 0 atom stereocenters. The summed E-state index contributed by atoms with van der Waals surface area (Å²) in [6.07, 6.45) is 4.64. The normalized spacial score (nSPS) is 15.1. The lowest BCUT2D eigenvalue weighted by atomic mass is 9.95. The van der Waals surface area contributed by atoms with Crippen molar-refractivity contribution in [3.05, 3.63) is 63.8 Å². The fraction of sp³-hybridized carbons (Fsp3) is 0.407. The van der Waals surface area contributed by atoms with Gasteiger partial charge in [0.2, 0.25) is 0 Å². The molecule has 1 N–H and O–H groups in total. The second-order valence-electron chi connectivity index (χ2n) is 10.6. The number of halogens is 1. The van der Waals surface area contributed by atoms with Gasteiger partial charge in [0.05, 0.1) is 16.6 Å². The molecule has 0 unspecified atom stereocenters. The smallest absolute Gasteiger partial charge is 0.410 e. The molecule has 188 valence electrons. The zero-order valence-electron chi connectivity index (χ0n) is 21.2. The van der Waals surface area contributed by atoms with E-state index in [9.17, 15) is 14.0 Å². The molecule has 8 nitrogen and oxygen atoms in total. The molecule has 0 spiro atoms. The van der Waals surface area contributed by atoms with Crippen LogP contribution in [0.4, 0.5) is 9.18 Å². The van der Waals surface area contributed by atoms with Crippen molar-refractivity contribution in [3.8, 4) is 11.1 Å². The summed E-state index contributed by atoms with van der Waals surface area (Å²) in [4.78, 5) is 39.2. The highest BCUT2D eigenvalue weighted by Crippen LogP contribution is 2.30. The molecule has 36 heavy (non-hydrogen) atoms. The van der Waals surface area contributed by atoms with Crippen LogP contribution in [0, 0.1) is 19.7 Å². The zero-order valence-corrected chi connectivity index (χ0v) is 21.2. The van der Waals surface area contributed by atoms with Crippen molar-refractivity contribution < 1.29 is 13.9 Å². The molecule has 1 aliphatic heterocycles. The summed E-state index contributed by atoms with van der Waals surface area (Å²) >= 11 is 0. The minimum atomic E-state index is -0.537. The average Bonchev–Trinajstić information content (AvgIpc) is 3.19. The molecule has 0 saturated carbocycles. The summed E-state index contributed by atoms with van der Waals surface area (Å²) in [6.45, 7) is 10.4. The third-order valence-corrected chi connectivity index (χ3v) is 6.51. The number of aromatic nitrogens is 4. The maximum absolute atomic E-state index is 14.7. The molecule has 9 heteroatoms. The molecule has 0 radical (unpaired) electrons. The van der Waals surface area contributed by atoms with Gasteiger partial charge in [-0.1, -0.05) is 0 Å². The molecule has 4 heterocycles. The van der Waals surface area contributed by atoms with Gasteiger partial charge < -0.3 is 19.0 Å². The maximum Gasteiger partial charge on any atom is 0.410 e. The number of H-pyrrole nitrogens is 1. The number of amides is 1. The van der Waals surface area contributed by atoms with Crippen LogP contribution in [0.15, 0.2) is 35.4 Å². The Balaban J connectivity index is 1.43. The molecule has 0 aliphatic carbocycles. The first-order valence-corrected chi connectivity index (χ1v) is 12.2. The fourth-order valence-electron chi connectivity index (χ4n) is 4.79. The minimum absolute atomic E-state index is 0.0425. The average molecular weight is 492 g/mol. The lowest BCUT2D eigenvalue weighted by Crippen LogP contribution is -2.41. The number of nitrogens with zero attached hydrogens (tertiary/aromatic N) is 4. The van der Waals surface area contributed by atoms with Crippen LogP contribution in [0.1, 0.15) is 56.6 Å². The number of nitrogens with one attached hydrogen (secondary N) is 1. The quantitative estimate of drug-likeness (QED) is 0.421. The number of carbonyl (C=O) groups excluding carboxylic acids is 1. The number of hydrogen-bond acceptors (Lipinski definition) is 5. The Morgan fingerprint density at radius 2 is 1.81 bits per heavy atom. The van der Waals surface area contributed by atoms with E-state index in [1.165, 1.54) is 6.07 Å². The predicted octanol–water partition coefficient (Wildman–Crippen LogP) is 5.11. The zero-order chi connectivity index (χ0) is 25.8. The number of aromatic amines is 1. The van der Waals surface area contributed by atoms with E-state index in [1.54, 1.807) is 21.6 Å². The van der Waals surface area contributed by atoms with Crippen LogP contribution >= 0.6 is 0 Å². The van der Waals surface area contributed by atoms with E-state index >= 15 is 0 Å². The van der Waals surface area contributed by atoms with E-state index < -0.39 is 11.4 Å². The number of likely N-dealkylation sites (tertiary alicyclic amines) is 1. The maximum atomic E-state index is 14.7. The van der Waals surface area contributed by atoms with Gasteiger partial charge in [-0.2, -0.15) is 0 Å². The number of ether oxygens (including phenoxy) is 1. The number of carbonyl (C=O) groups is 1. The topological polar surface area (TPSA) is 92.6 Å². The van der Waals surface area contributed by atoms with E-state index in [-0.39, 0.29) is 23.2 Å². The first-order chi connectivity index (χ1) is 17.0. The number of rotatable bonds is 2. The van der Waals surface area contributed by atoms with Gasteiger partial charge in [0.15, 0.2) is 11.5 Å². The van der Waals surface area contributed by atoms with Gasteiger partial charge in [-0.25, -0.2) is 19.2 Å². The number of piperidine rings is 1. The van der Waals surface area contributed by atoms with E-state index in [4.69, 9.17) is 9.72 Å². The highest BCUT2D eigenvalue weighted by Gasteiger charge is 2.29. The second-order valence-corrected chi connectivity index (χ2v) is 10.6. The Morgan fingerprint density at radius 3 is 2.50 bits per heavy atom. The molecule has 1 aliphatic rings. The molecule has 1 aromatic carbocycles. The van der Waals surface area contributed by atoms with Crippen molar-refractivity contribution in [1.29, 1.82) is 0 Å². The number of aryl methyl sites for hydroxylation is 2. The van der Waals surface area contributed by atoms with Crippen LogP contribution in [-0.4, -0.2) is 49.0 Å². The lowest BCUT2D eigenvalue weighted by Gasteiger charge is -2.33. The number of pyridine rings is 1. The molecule has 1 fully saturated rings. The predicted molar refractivity (Wildman–Crippen MR) is 136 cm³/mol. The third-order valence-electron chi connectivity index (χ3n) is 6.51. The van der Waals surface area contributed by atoms with Crippen LogP contribution in [0.25, 0.3) is 27.7 Å². The highest BCUT2D eigenvalue weighted by atomic mass is 19.1. The summed E-state index contributed by atoms with van der Waals surface area (Å²) in [7, 11) is 0. The molecule has 4 aromatic rings. The van der Waals surface area contributed by atoms with E-state index in [0.29, 0.717) is 48.2 Å². The van der Waals surface area contributed by atoms with Gasteiger partial charge in [-0.05, 0) is 76.8 Å². The van der Waals surface area contributed by atoms with Crippen molar-refractivity contribution in [2.24, 2.45) is 0 Å². The largest absolute Gasteiger partial charge is 0.444 e. The van der Waals surface area contributed by atoms with Gasteiger partial charge in [0.25, 0.3) is 5.56 Å². The summed E-state index contributed by atoms with van der Waals surface area (Å²) in [5.41, 5.74) is 3.09. The second kappa shape index (κ2) is 8.72. The van der Waals surface area contributed by atoms with Crippen molar-refractivity contribution >= 4 is 22.6 Å². The van der Waals surface area contributed by atoms with E-state index in [0.717, 1.165) is 16.8 Å². The summed E-state index contributed by atoms with van der Waals surface area (Å²) in [5.74, 6) is 0.257. The first kappa shape index (κ1) is 24.0. The molecule has 1 saturated heterocycles. The monoisotopic (exact) mass is 491 g/mol. The molecule has 1 amide bonds. The summed E-state index contributed by atoms with van der Waals surface area (Å²) in [6, 6.07) is 5.12. The standard InChI is InChI=1S/C27H30FN5O3/c1-15-10-18(19-12-21(28)24-29-16(2)13-33(24)14-19)11-20-22(15)30-23(31-25(20)34)17-6-8-32(9-7-17)26(35)36-27(3,4)5/h10-14,17H,6-9H2,1-5H3,(H,30,31,34). The van der Waals surface area contributed by atoms with Gasteiger partial charge in [0, 0.05) is 37.0 Å². The van der Waals surface area contributed by atoms with Gasteiger partial charge in [-0.3, -0.25) is 4.79 Å². The van der Waals surface area contributed by atoms with E-state index in [2.05, 4.69) is 9.97 Å². The molecular weight excluding hydrogens is 461 g/mol. The first-order valence-electron chi connectivity index (χ1n) is 12.2. The number of benzene rings is 1. The summed E-state index contributed by atoms with van der Waals surface area (Å²) in [5, 5.41) is 0.460. The Kier molecular flexibility index (Phi) is 5.81. The highest BCUT2D eigenvalue weighted by molar-refractivity contribution is 5.86. The number of fused-ring (bicyclic) bond motifs is 2. The minimum Gasteiger partial charge on any atom is -0.444 e. The van der Waals surface area contributed by atoms with Crippen LogP contribution in [0.2, 0.25) is 0 Å². The number of imidazole rings is 1. The lowest BCUT2D eigenvalue weighted by molar-refractivity contribution is 0.0203. The number of hydrogen-bond donors (Lipinski definition) is 1. The Labute approximate surface area is 208 Å². The van der Waals surface area contributed by atoms with Crippen molar-refractivity contribution in [1.82, 2.24) is 24.3 Å².